The average molecular weight is 382 g/mol. The summed E-state index contributed by atoms with van der Waals surface area (Å²) in [7, 11) is 2.99. The molecule has 8 nitrogen and oxygen atoms in total. The second kappa shape index (κ2) is 7.47. The van der Waals surface area contributed by atoms with Gasteiger partial charge in [0.15, 0.2) is 5.65 Å². The van der Waals surface area contributed by atoms with Gasteiger partial charge in [0.25, 0.3) is 5.56 Å². The third kappa shape index (κ3) is 3.38. The van der Waals surface area contributed by atoms with Crippen LogP contribution < -0.4 is 19.9 Å². The van der Waals surface area contributed by atoms with Crippen LogP contribution in [0.15, 0.2) is 35.1 Å². The van der Waals surface area contributed by atoms with Crippen molar-refractivity contribution in [1.82, 2.24) is 15.0 Å². The van der Waals surface area contributed by atoms with Crippen LogP contribution in [0.2, 0.25) is 0 Å². The summed E-state index contributed by atoms with van der Waals surface area (Å²) in [5, 5.41) is 9.95. The second-order valence-corrected chi connectivity index (χ2v) is 6.75. The quantitative estimate of drug-likeness (QED) is 0.711. The number of aliphatic hydroxyl groups excluding tert-OH is 1. The molecule has 0 aliphatic carbocycles. The number of methoxy groups -OCH3 is 2. The van der Waals surface area contributed by atoms with Crippen molar-refractivity contribution in [2.75, 3.05) is 32.2 Å². The Balaban J connectivity index is 1.70. The van der Waals surface area contributed by atoms with E-state index in [1.807, 2.05) is 24.3 Å². The molecule has 1 fully saturated rings. The zero-order chi connectivity index (χ0) is 19.7. The van der Waals surface area contributed by atoms with E-state index in [-0.39, 0.29) is 22.7 Å². The highest BCUT2D eigenvalue weighted by Crippen LogP contribution is 2.27. The van der Waals surface area contributed by atoms with Crippen molar-refractivity contribution in [3.8, 4) is 23.0 Å². The standard InChI is InChI=1S/C20H22N4O4/c1-27-15-11-16(28-2)21-19-17(15)20(26)23-18(22-19)12-3-5-13(6-4-12)24-9-7-14(25)8-10-24/h3-6,11,14,25H,7-10H2,1-2H3,(H,21,22,23,26). The van der Waals surface area contributed by atoms with Gasteiger partial charge in [-0.3, -0.25) is 4.79 Å². The lowest BCUT2D eigenvalue weighted by atomic mass is 10.1. The fourth-order valence-electron chi connectivity index (χ4n) is 3.44. The van der Waals surface area contributed by atoms with Gasteiger partial charge in [0.1, 0.15) is 17.0 Å². The van der Waals surface area contributed by atoms with Crippen LogP contribution in [0.5, 0.6) is 11.6 Å². The fourth-order valence-corrected chi connectivity index (χ4v) is 3.44. The van der Waals surface area contributed by atoms with Crippen molar-refractivity contribution in [3.05, 3.63) is 40.7 Å². The second-order valence-electron chi connectivity index (χ2n) is 6.75. The summed E-state index contributed by atoms with van der Waals surface area (Å²) in [4.78, 5) is 26.4. The molecule has 2 N–H and O–H groups in total. The van der Waals surface area contributed by atoms with Crippen LogP contribution in [0.25, 0.3) is 22.4 Å². The molecule has 2 aromatic heterocycles. The molecule has 1 saturated heterocycles. The molecule has 0 bridgehead atoms. The predicted molar refractivity (Wildman–Crippen MR) is 106 cm³/mol. The molecule has 1 aliphatic heterocycles. The Bertz CT molecular complexity index is 1040. The van der Waals surface area contributed by atoms with Crippen LogP contribution in [-0.4, -0.2) is 53.5 Å². The van der Waals surface area contributed by atoms with Gasteiger partial charge in [0.2, 0.25) is 5.88 Å². The first-order chi connectivity index (χ1) is 13.6. The lowest BCUT2D eigenvalue weighted by molar-refractivity contribution is 0.145. The highest BCUT2D eigenvalue weighted by atomic mass is 16.5. The van der Waals surface area contributed by atoms with Crippen molar-refractivity contribution in [2.24, 2.45) is 0 Å². The Morgan fingerprint density at radius 3 is 2.46 bits per heavy atom. The number of piperidine rings is 1. The molecule has 1 aliphatic rings. The maximum Gasteiger partial charge on any atom is 0.264 e. The summed E-state index contributed by atoms with van der Waals surface area (Å²) in [6, 6.07) is 9.39. The number of nitrogens with one attached hydrogen (secondary N) is 1. The van der Waals surface area contributed by atoms with E-state index >= 15 is 0 Å². The minimum Gasteiger partial charge on any atom is -0.496 e. The monoisotopic (exact) mass is 382 g/mol. The largest absolute Gasteiger partial charge is 0.496 e. The zero-order valence-electron chi connectivity index (χ0n) is 15.8. The van der Waals surface area contributed by atoms with E-state index in [0.29, 0.717) is 17.5 Å². The molecular formula is C20H22N4O4. The molecule has 0 radical (unpaired) electrons. The Morgan fingerprint density at radius 1 is 1.11 bits per heavy atom. The number of hydrogen-bond acceptors (Lipinski definition) is 7. The third-order valence-corrected chi connectivity index (χ3v) is 5.02. The molecule has 0 amide bonds. The van der Waals surface area contributed by atoms with Gasteiger partial charge >= 0.3 is 0 Å². The van der Waals surface area contributed by atoms with Crippen molar-refractivity contribution >= 4 is 16.7 Å². The minimum absolute atomic E-state index is 0.205. The fraction of sp³-hybridized carbons (Fsp3) is 0.350. The van der Waals surface area contributed by atoms with Gasteiger partial charge in [-0.25, -0.2) is 4.98 Å². The predicted octanol–water partition coefficient (Wildman–Crippen LogP) is 1.96. The Kier molecular flexibility index (Phi) is 4.87. The number of anilines is 1. The molecule has 0 saturated carbocycles. The minimum atomic E-state index is -0.318. The number of ether oxygens (including phenoxy) is 2. The molecule has 28 heavy (non-hydrogen) atoms. The molecule has 3 aromatic rings. The van der Waals surface area contributed by atoms with Crippen molar-refractivity contribution in [3.63, 3.8) is 0 Å². The number of aliphatic hydroxyl groups is 1. The Labute approximate surface area is 161 Å². The maximum absolute atomic E-state index is 12.6. The molecule has 0 unspecified atom stereocenters. The first kappa shape index (κ1) is 18.2. The van der Waals surface area contributed by atoms with Crippen molar-refractivity contribution in [2.45, 2.75) is 18.9 Å². The number of fused-ring (bicyclic) bond motifs is 1. The Hall–Kier alpha value is -3.13. The lowest BCUT2D eigenvalue weighted by Gasteiger charge is -2.31. The van der Waals surface area contributed by atoms with E-state index < -0.39 is 0 Å². The van der Waals surface area contributed by atoms with E-state index in [1.165, 1.54) is 14.2 Å². The Morgan fingerprint density at radius 2 is 1.82 bits per heavy atom. The van der Waals surface area contributed by atoms with Crippen LogP contribution in [0, 0.1) is 0 Å². The SMILES string of the molecule is COc1cc(OC)c2c(=O)[nH]c(-c3ccc(N4CCC(O)CC4)cc3)nc2n1. The maximum atomic E-state index is 12.6. The normalized spacial score (nSPS) is 15.0. The molecular weight excluding hydrogens is 360 g/mol. The molecule has 0 spiro atoms. The van der Waals surface area contributed by atoms with E-state index in [9.17, 15) is 9.90 Å². The topological polar surface area (TPSA) is 101 Å². The highest BCUT2D eigenvalue weighted by molar-refractivity contribution is 5.83. The summed E-state index contributed by atoms with van der Waals surface area (Å²) in [5.41, 5.74) is 1.81. The molecule has 146 valence electrons. The highest BCUT2D eigenvalue weighted by Gasteiger charge is 2.18. The van der Waals surface area contributed by atoms with Gasteiger partial charge in [-0.2, -0.15) is 4.98 Å². The molecule has 4 rings (SSSR count). The van der Waals surface area contributed by atoms with E-state index in [1.54, 1.807) is 6.07 Å². The number of rotatable bonds is 4. The number of hydrogen-bond donors (Lipinski definition) is 2. The van der Waals surface area contributed by atoms with Crippen LogP contribution >= 0.6 is 0 Å². The summed E-state index contributed by atoms with van der Waals surface area (Å²) in [6.45, 7) is 1.66. The number of benzene rings is 1. The summed E-state index contributed by atoms with van der Waals surface area (Å²) in [6.07, 6.45) is 1.34. The smallest absolute Gasteiger partial charge is 0.264 e. The summed E-state index contributed by atoms with van der Waals surface area (Å²) < 4.78 is 10.5. The lowest BCUT2D eigenvalue weighted by Crippen LogP contribution is -2.35. The van der Waals surface area contributed by atoms with E-state index in [4.69, 9.17) is 9.47 Å². The number of pyridine rings is 1. The molecule has 0 atom stereocenters. The van der Waals surface area contributed by atoms with Gasteiger partial charge in [-0.05, 0) is 37.1 Å². The summed E-state index contributed by atoms with van der Waals surface area (Å²) >= 11 is 0. The molecule has 3 heterocycles. The third-order valence-electron chi connectivity index (χ3n) is 5.02. The van der Waals surface area contributed by atoms with Gasteiger partial charge in [-0.1, -0.05) is 0 Å². The molecule has 8 heteroatoms. The molecule has 1 aromatic carbocycles. The van der Waals surface area contributed by atoms with Gasteiger partial charge < -0.3 is 24.5 Å². The first-order valence-electron chi connectivity index (χ1n) is 9.15. The van der Waals surface area contributed by atoms with Crippen LogP contribution in [0.1, 0.15) is 12.8 Å². The van der Waals surface area contributed by atoms with Gasteiger partial charge in [0, 0.05) is 30.4 Å². The summed E-state index contributed by atoms with van der Waals surface area (Å²) in [5.74, 6) is 1.13. The van der Waals surface area contributed by atoms with Crippen LogP contribution in [-0.2, 0) is 0 Å². The van der Waals surface area contributed by atoms with Crippen LogP contribution in [0.4, 0.5) is 5.69 Å². The first-order valence-corrected chi connectivity index (χ1v) is 9.15. The van der Waals surface area contributed by atoms with Gasteiger partial charge in [0.05, 0.1) is 20.3 Å². The van der Waals surface area contributed by atoms with E-state index in [2.05, 4.69) is 19.9 Å². The van der Waals surface area contributed by atoms with E-state index in [0.717, 1.165) is 37.2 Å². The number of H-pyrrole nitrogens is 1. The number of aromatic nitrogens is 3. The number of aromatic amines is 1. The average Bonchev–Trinajstić information content (AvgIpc) is 2.73. The van der Waals surface area contributed by atoms with Crippen LogP contribution in [0.3, 0.4) is 0 Å². The van der Waals surface area contributed by atoms with Gasteiger partial charge in [-0.15, -0.1) is 0 Å². The zero-order valence-corrected chi connectivity index (χ0v) is 15.8. The van der Waals surface area contributed by atoms with Crippen molar-refractivity contribution in [1.29, 1.82) is 0 Å². The number of nitrogens with zero attached hydrogens (tertiary/aromatic N) is 3. The van der Waals surface area contributed by atoms with Crippen molar-refractivity contribution < 1.29 is 14.6 Å².